The second-order valence-electron chi connectivity index (χ2n) is 4.39. The van der Waals surface area contributed by atoms with Crippen molar-refractivity contribution >= 4 is 33.4 Å². The number of ether oxygens (including phenoxy) is 1. The lowest BCUT2D eigenvalue weighted by atomic mass is 10.1. The highest BCUT2D eigenvalue weighted by Crippen LogP contribution is 2.25. The molecular weight excluding hydrogens is 347 g/mol. The van der Waals surface area contributed by atoms with Gasteiger partial charge < -0.3 is 4.74 Å². The second-order valence-corrected chi connectivity index (χ2v) is 5.64. The van der Waals surface area contributed by atoms with Crippen molar-refractivity contribution in [1.29, 1.82) is 0 Å². The quantitative estimate of drug-likeness (QED) is 0.596. The topological polar surface area (TPSA) is 9.23 Å². The molecule has 3 rings (SSSR count). The number of benzene rings is 3. The van der Waals surface area contributed by atoms with Crippen molar-refractivity contribution in [3.63, 3.8) is 0 Å². The third kappa shape index (κ3) is 2.89. The Morgan fingerprint density at radius 2 is 1.53 bits per heavy atom. The van der Waals surface area contributed by atoms with Crippen LogP contribution >= 0.6 is 22.6 Å². The largest absolute Gasteiger partial charge is 0.488 e. The van der Waals surface area contributed by atoms with Crippen LogP contribution in [0.25, 0.3) is 10.8 Å². The molecule has 3 aromatic carbocycles. The lowest BCUT2D eigenvalue weighted by Crippen LogP contribution is -1.95. The molecule has 0 radical (unpaired) electrons. The summed E-state index contributed by atoms with van der Waals surface area (Å²) in [6.45, 7) is 0.602. The Hall–Kier alpha value is -1.55. The van der Waals surface area contributed by atoms with Crippen molar-refractivity contribution in [2.75, 3.05) is 0 Å². The minimum atomic E-state index is 0.602. The van der Waals surface area contributed by atoms with E-state index in [0.29, 0.717) is 6.61 Å². The van der Waals surface area contributed by atoms with Gasteiger partial charge in [0.2, 0.25) is 0 Å². The summed E-state index contributed by atoms with van der Waals surface area (Å²) in [5.74, 6) is 0.941. The van der Waals surface area contributed by atoms with Crippen molar-refractivity contribution < 1.29 is 4.74 Å². The van der Waals surface area contributed by atoms with Crippen molar-refractivity contribution in [3.05, 3.63) is 75.9 Å². The highest BCUT2D eigenvalue weighted by molar-refractivity contribution is 14.1. The molecule has 0 amide bonds. The molecule has 0 aromatic heterocycles. The first-order valence-electron chi connectivity index (χ1n) is 6.18. The summed E-state index contributed by atoms with van der Waals surface area (Å²) < 4.78 is 7.18. The molecule has 0 aliphatic heterocycles. The lowest BCUT2D eigenvalue weighted by molar-refractivity contribution is 0.310. The molecule has 0 spiro atoms. The molecule has 0 saturated heterocycles. The maximum Gasteiger partial charge on any atom is 0.127 e. The minimum absolute atomic E-state index is 0.602. The molecule has 94 valence electrons. The molecule has 19 heavy (non-hydrogen) atoms. The van der Waals surface area contributed by atoms with Crippen LogP contribution in [0.5, 0.6) is 5.75 Å². The maximum atomic E-state index is 5.94. The SMILES string of the molecule is Ic1ccc(COc2cccc3ccccc23)cc1. The van der Waals surface area contributed by atoms with Crippen molar-refractivity contribution in [3.8, 4) is 5.75 Å². The van der Waals surface area contributed by atoms with Gasteiger partial charge in [-0.25, -0.2) is 0 Å². The number of fused-ring (bicyclic) bond motifs is 1. The summed E-state index contributed by atoms with van der Waals surface area (Å²) in [6.07, 6.45) is 0. The van der Waals surface area contributed by atoms with Crippen LogP contribution < -0.4 is 4.74 Å². The average Bonchev–Trinajstić information content (AvgIpc) is 2.47. The Kier molecular flexibility index (Phi) is 3.69. The number of rotatable bonds is 3. The highest BCUT2D eigenvalue weighted by atomic mass is 127. The third-order valence-electron chi connectivity index (χ3n) is 3.06. The van der Waals surface area contributed by atoms with Crippen molar-refractivity contribution in [1.82, 2.24) is 0 Å². The second kappa shape index (κ2) is 5.61. The van der Waals surface area contributed by atoms with Crippen LogP contribution in [0.3, 0.4) is 0 Å². The Bertz CT molecular complexity index is 684. The molecule has 3 aromatic rings. The third-order valence-corrected chi connectivity index (χ3v) is 3.78. The minimum Gasteiger partial charge on any atom is -0.488 e. The summed E-state index contributed by atoms with van der Waals surface area (Å²) in [7, 11) is 0. The number of hydrogen-bond donors (Lipinski definition) is 0. The van der Waals surface area contributed by atoms with Gasteiger partial charge in [0.15, 0.2) is 0 Å². The van der Waals surface area contributed by atoms with Gasteiger partial charge in [-0.1, -0.05) is 48.5 Å². The van der Waals surface area contributed by atoms with Gasteiger partial charge in [-0.05, 0) is 51.7 Å². The summed E-state index contributed by atoms with van der Waals surface area (Å²) in [4.78, 5) is 0. The fourth-order valence-corrected chi connectivity index (χ4v) is 2.42. The van der Waals surface area contributed by atoms with Crippen molar-refractivity contribution in [2.24, 2.45) is 0 Å². The Morgan fingerprint density at radius 1 is 0.789 bits per heavy atom. The zero-order valence-corrected chi connectivity index (χ0v) is 12.5. The fraction of sp³-hybridized carbons (Fsp3) is 0.0588. The Balaban J connectivity index is 1.84. The van der Waals surface area contributed by atoms with E-state index in [0.717, 1.165) is 11.1 Å². The fourth-order valence-electron chi connectivity index (χ4n) is 2.06. The van der Waals surface area contributed by atoms with Gasteiger partial charge in [0.25, 0.3) is 0 Å². The van der Waals surface area contributed by atoms with Crippen molar-refractivity contribution in [2.45, 2.75) is 6.61 Å². The average molecular weight is 360 g/mol. The highest BCUT2D eigenvalue weighted by Gasteiger charge is 2.01. The van der Waals surface area contributed by atoms with Gasteiger partial charge in [0.05, 0.1) is 0 Å². The van der Waals surface area contributed by atoms with E-state index >= 15 is 0 Å². The first kappa shape index (κ1) is 12.5. The van der Waals surface area contributed by atoms with E-state index in [4.69, 9.17) is 4.74 Å². The Morgan fingerprint density at radius 3 is 2.37 bits per heavy atom. The van der Waals surface area contributed by atoms with Crippen LogP contribution in [0.2, 0.25) is 0 Å². The van der Waals surface area contributed by atoms with E-state index in [1.54, 1.807) is 0 Å². The molecule has 0 heterocycles. The predicted octanol–water partition coefficient (Wildman–Crippen LogP) is 5.02. The Labute approximate surface area is 126 Å². The standard InChI is InChI=1S/C17H13IO/c18-15-10-8-13(9-11-15)12-19-17-7-3-5-14-4-1-2-6-16(14)17/h1-11H,12H2. The van der Waals surface area contributed by atoms with Crippen LogP contribution in [0, 0.1) is 3.57 Å². The van der Waals surface area contributed by atoms with E-state index in [1.807, 2.05) is 24.3 Å². The maximum absolute atomic E-state index is 5.94. The van der Waals surface area contributed by atoms with E-state index < -0.39 is 0 Å². The van der Waals surface area contributed by atoms with Gasteiger partial charge in [0.1, 0.15) is 12.4 Å². The first-order valence-corrected chi connectivity index (χ1v) is 7.26. The molecule has 0 saturated carbocycles. The molecule has 0 bridgehead atoms. The molecule has 2 heteroatoms. The van der Waals surface area contributed by atoms with E-state index in [2.05, 4.69) is 65.1 Å². The molecule has 0 aliphatic rings. The normalized spacial score (nSPS) is 10.6. The molecule has 0 N–H and O–H groups in total. The van der Waals surface area contributed by atoms with Crippen LogP contribution in [-0.4, -0.2) is 0 Å². The van der Waals surface area contributed by atoms with Gasteiger partial charge in [0, 0.05) is 8.96 Å². The molecule has 0 aliphatic carbocycles. The molecule has 0 unspecified atom stereocenters. The number of hydrogen-bond acceptors (Lipinski definition) is 1. The van der Waals surface area contributed by atoms with Gasteiger partial charge in [-0.2, -0.15) is 0 Å². The summed E-state index contributed by atoms with van der Waals surface area (Å²) in [5, 5.41) is 2.37. The molecule has 1 nitrogen and oxygen atoms in total. The number of halogens is 1. The van der Waals surface area contributed by atoms with Gasteiger partial charge in [-0.3, -0.25) is 0 Å². The monoisotopic (exact) mass is 360 g/mol. The first-order chi connectivity index (χ1) is 9.33. The zero-order chi connectivity index (χ0) is 13.1. The molecular formula is C17H13IO. The van der Waals surface area contributed by atoms with Gasteiger partial charge in [-0.15, -0.1) is 0 Å². The van der Waals surface area contributed by atoms with E-state index in [9.17, 15) is 0 Å². The summed E-state index contributed by atoms with van der Waals surface area (Å²) >= 11 is 2.31. The smallest absolute Gasteiger partial charge is 0.127 e. The van der Waals surface area contributed by atoms with Crippen LogP contribution in [0.4, 0.5) is 0 Å². The van der Waals surface area contributed by atoms with Crippen LogP contribution in [0.15, 0.2) is 66.7 Å². The molecule has 0 fully saturated rings. The van der Waals surface area contributed by atoms with Crippen LogP contribution in [-0.2, 0) is 6.61 Å². The van der Waals surface area contributed by atoms with Crippen LogP contribution in [0.1, 0.15) is 5.56 Å². The van der Waals surface area contributed by atoms with Gasteiger partial charge >= 0.3 is 0 Å². The van der Waals surface area contributed by atoms with E-state index in [1.165, 1.54) is 14.5 Å². The summed E-state index contributed by atoms with van der Waals surface area (Å²) in [6, 6.07) is 22.9. The summed E-state index contributed by atoms with van der Waals surface area (Å²) in [5.41, 5.74) is 1.19. The predicted molar refractivity (Wildman–Crippen MR) is 87.4 cm³/mol. The molecule has 0 atom stereocenters. The zero-order valence-electron chi connectivity index (χ0n) is 10.3. The lowest BCUT2D eigenvalue weighted by Gasteiger charge is -2.09. The van der Waals surface area contributed by atoms with E-state index in [-0.39, 0.29) is 0 Å².